The minimum atomic E-state index is -3.57. The zero-order valence-corrected chi connectivity index (χ0v) is 13.7. The Bertz CT molecular complexity index is 442. The van der Waals surface area contributed by atoms with Crippen LogP contribution in [0.2, 0.25) is 0 Å². The molecule has 20 heavy (non-hydrogen) atoms. The number of carbonyl (C=O) groups is 1. The van der Waals surface area contributed by atoms with Crippen LogP contribution in [0.5, 0.6) is 0 Å². The third kappa shape index (κ3) is 5.05. The quantitative estimate of drug-likeness (QED) is 0.817. The Morgan fingerprint density at radius 1 is 1.30 bits per heavy atom. The number of rotatable bonds is 5. The molecule has 1 rings (SSSR count). The van der Waals surface area contributed by atoms with Gasteiger partial charge in [0.2, 0.25) is 10.0 Å². The molecule has 2 N–H and O–H groups in total. The lowest BCUT2D eigenvalue weighted by Crippen LogP contribution is -2.56. The molecule has 0 spiro atoms. The number of carboxylic acids is 1. The van der Waals surface area contributed by atoms with Crippen molar-refractivity contribution in [3.05, 3.63) is 0 Å². The largest absolute Gasteiger partial charge is 0.480 e. The Kier molecular flexibility index (Phi) is 5.24. The maximum Gasteiger partial charge on any atom is 0.324 e. The Labute approximate surface area is 122 Å². The van der Waals surface area contributed by atoms with Gasteiger partial charge in [-0.25, -0.2) is 8.42 Å². The Balaban J connectivity index is 2.78. The SMILES string of the molecule is CC1CCC(NS(=O)(=O)CCC(C)(C)C)(C(=O)O)CC1. The molecule has 1 fully saturated rings. The van der Waals surface area contributed by atoms with Crippen molar-refractivity contribution in [3.8, 4) is 0 Å². The summed E-state index contributed by atoms with van der Waals surface area (Å²) in [4.78, 5) is 11.5. The fraction of sp³-hybridized carbons (Fsp3) is 0.929. The van der Waals surface area contributed by atoms with Gasteiger partial charge in [-0.05, 0) is 43.4 Å². The van der Waals surface area contributed by atoms with E-state index in [4.69, 9.17) is 0 Å². The van der Waals surface area contributed by atoms with Gasteiger partial charge in [-0.3, -0.25) is 4.79 Å². The van der Waals surface area contributed by atoms with Crippen molar-refractivity contribution in [3.63, 3.8) is 0 Å². The van der Waals surface area contributed by atoms with E-state index in [1.54, 1.807) is 0 Å². The molecule has 0 unspecified atom stereocenters. The molecule has 0 aromatic carbocycles. The maximum absolute atomic E-state index is 12.2. The third-order valence-electron chi connectivity index (χ3n) is 4.01. The van der Waals surface area contributed by atoms with Crippen LogP contribution in [-0.4, -0.2) is 30.8 Å². The molecule has 118 valence electrons. The average Bonchev–Trinajstić information content (AvgIpc) is 2.29. The van der Waals surface area contributed by atoms with Gasteiger partial charge in [0.25, 0.3) is 0 Å². The first-order valence-electron chi connectivity index (χ1n) is 7.21. The van der Waals surface area contributed by atoms with Gasteiger partial charge in [-0.1, -0.05) is 27.7 Å². The van der Waals surface area contributed by atoms with Crippen LogP contribution >= 0.6 is 0 Å². The van der Waals surface area contributed by atoms with Crippen LogP contribution in [0.4, 0.5) is 0 Å². The summed E-state index contributed by atoms with van der Waals surface area (Å²) in [5.74, 6) is -0.619. The molecule has 0 aliphatic heterocycles. The summed E-state index contributed by atoms with van der Waals surface area (Å²) in [5, 5.41) is 9.44. The van der Waals surface area contributed by atoms with Crippen LogP contribution in [0.25, 0.3) is 0 Å². The predicted molar refractivity (Wildman–Crippen MR) is 79.0 cm³/mol. The number of hydrogen-bond donors (Lipinski definition) is 2. The van der Waals surface area contributed by atoms with Gasteiger partial charge >= 0.3 is 5.97 Å². The zero-order valence-electron chi connectivity index (χ0n) is 12.9. The fourth-order valence-electron chi connectivity index (χ4n) is 2.40. The normalized spacial score (nSPS) is 28.3. The fourth-order valence-corrected chi connectivity index (χ4v) is 4.27. The van der Waals surface area contributed by atoms with Crippen molar-refractivity contribution in [1.82, 2.24) is 4.72 Å². The first-order chi connectivity index (χ1) is 8.96. The van der Waals surface area contributed by atoms with E-state index in [0.29, 0.717) is 25.2 Å². The number of aliphatic carboxylic acids is 1. The molecule has 0 aromatic rings. The summed E-state index contributed by atoms with van der Waals surface area (Å²) < 4.78 is 26.8. The molecule has 0 heterocycles. The molecular formula is C14H27NO4S. The Morgan fingerprint density at radius 3 is 2.20 bits per heavy atom. The standard InChI is InChI=1S/C14H27NO4S/c1-11-5-7-14(8-6-11,12(16)17)15-20(18,19)10-9-13(2,3)4/h11,15H,5-10H2,1-4H3,(H,16,17). The van der Waals surface area contributed by atoms with E-state index in [0.717, 1.165) is 12.8 Å². The second-order valence-electron chi connectivity index (χ2n) is 7.30. The Hall–Kier alpha value is -0.620. The first-order valence-corrected chi connectivity index (χ1v) is 8.86. The van der Waals surface area contributed by atoms with Crippen molar-refractivity contribution >= 4 is 16.0 Å². The number of nitrogens with one attached hydrogen (secondary N) is 1. The van der Waals surface area contributed by atoms with Crippen molar-refractivity contribution in [2.24, 2.45) is 11.3 Å². The number of hydrogen-bond acceptors (Lipinski definition) is 3. The summed E-state index contributed by atoms with van der Waals surface area (Å²) in [6.45, 7) is 7.98. The monoisotopic (exact) mass is 305 g/mol. The third-order valence-corrected chi connectivity index (χ3v) is 5.45. The first kappa shape index (κ1) is 17.4. The van der Waals surface area contributed by atoms with Gasteiger partial charge in [-0.15, -0.1) is 0 Å². The average molecular weight is 305 g/mol. The zero-order chi connectivity index (χ0) is 15.6. The van der Waals surface area contributed by atoms with Crippen LogP contribution in [0.3, 0.4) is 0 Å². The molecule has 6 heteroatoms. The molecule has 0 saturated heterocycles. The van der Waals surface area contributed by atoms with Gasteiger partial charge in [0.05, 0.1) is 5.75 Å². The van der Waals surface area contributed by atoms with Gasteiger partial charge in [0.15, 0.2) is 0 Å². The molecule has 0 radical (unpaired) electrons. The lowest BCUT2D eigenvalue weighted by atomic mass is 9.78. The molecule has 0 aromatic heterocycles. The number of carboxylic acid groups (broad SMARTS) is 1. The van der Waals surface area contributed by atoms with Gasteiger partial charge in [-0.2, -0.15) is 4.72 Å². The van der Waals surface area contributed by atoms with Crippen LogP contribution in [0.1, 0.15) is 59.8 Å². The van der Waals surface area contributed by atoms with Crippen LogP contribution in [0, 0.1) is 11.3 Å². The highest BCUT2D eigenvalue weighted by Crippen LogP contribution is 2.33. The smallest absolute Gasteiger partial charge is 0.324 e. The van der Waals surface area contributed by atoms with Crippen molar-refractivity contribution in [1.29, 1.82) is 0 Å². The van der Waals surface area contributed by atoms with Gasteiger partial charge in [0.1, 0.15) is 5.54 Å². The van der Waals surface area contributed by atoms with E-state index in [1.807, 2.05) is 20.8 Å². The minimum Gasteiger partial charge on any atom is -0.480 e. The lowest BCUT2D eigenvalue weighted by Gasteiger charge is -2.36. The minimum absolute atomic E-state index is 0.0267. The van der Waals surface area contributed by atoms with Gasteiger partial charge < -0.3 is 5.11 Å². The van der Waals surface area contributed by atoms with E-state index < -0.39 is 21.5 Å². The summed E-state index contributed by atoms with van der Waals surface area (Å²) in [6, 6.07) is 0. The predicted octanol–water partition coefficient (Wildman–Crippen LogP) is 2.38. The van der Waals surface area contributed by atoms with Crippen molar-refractivity contribution in [2.45, 2.75) is 65.3 Å². The van der Waals surface area contributed by atoms with Crippen molar-refractivity contribution < 1.29 is 18.3 Å². The van der Waals surface area contributed by atoms with E-state index in [-0.39, 0.29) is 11.2 Å². The maximum atomic E-state index is 12.2. The second kappa shape index (κ2) is 6.02. The Morgan fingerprint density at radius 2 is 1.80 bits per heavy atom. The molecule has 1 aliphatic carbocycles. The van der Waals surface area contributed by atoms with Crippen LogP contribution < -0.4 is 4.72 Å². The summed E-state index contributed by atoms with van der Waals surface area (Å²) in [5.41, 5.74) is -1.39. The van der Waals surface area contributed by atoms with Crippen LogP contribution in [-0.2, 0) is 14.8 Å². The van der Waals surface area contributed by atoms with E-state index in [9.17, 15) is 18.3 Å². The highest BCUT2D eigenvalue weighted by atomic mass is 32.2. The lowest BCUT2D eigenvalue weighted by molar-refractivity contribution is -0.145. The summed E-state index contributed by atoms with van der Waals surface area (Å²) >= 11 is 0. The van der Waals surface area contributed by atoms with Crippen LogP contribution in [0.15, 0.2) is 0 Å². The molecule has 1 saturated carbocycles. The van der Waals surface area contributed by atoms with E-state index in [1.165, 1.54) is 0 Å². The molecular weight excluding hydrogens is 278 g/mol. The van der Waals surface area contributed by atoms with E-state index >= 15 is 0 Å². The summed E-state index contributed by atoms with van der Waals surface area (Å²) in [7, 11) is -3.57. The highest BCUT2D eigenvalue weighted by molar-refractivity contribution is 7.89. The molecule has 1 aliphatic rings. The topological polar surface area (TPSA) is 83.5 Å². The van der Waals surface area contributed by atoms with E-state index in [2.05, 4.69) is 11.6 Å². The second-order valence-corrected chi connectivity index (χ2v) is 9.14. The molecule has 0 amide bonds. The molecule has 0 bridgehead atoms. The molecule has 5 nitrogen and oxygen atoms in total. The number of sulfonamides is 1. The summed E-state index contributed by atoms with van der Waals surface area (Å²) in [6.07, 6.45) is 2.74. The molecule has 0 atom stereocenters. The highest BCUT2D eigenvalue weighted by Gasteiger charge is 2.44. The van der Waals surface area contributed by atoms with Crippen molar-refractivity contribution in [2.75, 3.05) is 5.75 Å². The van der Waals surface area contributed by atoms with Gasteiger partial charge in [0, 0.05) is 0 Å².